The van der Waals surface area contributed by atoms with Gasteiger partial charge >= 0.3 is 6.18 Å². The van der Waals surface area contributed by atoms with Crippen LogP contribution in [0.15, 0.2) is 18.2 Å². The minimum Gasteiger partial charge on any atom is -0.376 e. The molecule has 2 heterocycles. The first-order valence-electron chi connectivity index (χ1n) is 11.1. The lowest BCUT2D eigenvalue weighted by Crippen LogP contribution is -2.44. The van der Waals surface area contributed by atoms with E-state index in [-0.39, 0.29) is 29.8 Å². The molecule has 1 saturated heterocycles. The number of alkyl halides is 3. The number of amides is 1. The second-order valence-electron chi connectivity index (χ2n) is 9.79. The van der Waals surface area contributed by atoms with Gasteiger partial charge in [0.1, 0.15) is 12.2 Å². The predicted molar refractivity (Wildman–Crippen MR) is 127 cm³/mol. The molecule has 1 aliphatic heterocycles. The largest absolute Gasteiger partial charge is 0.405 e. The highest BCUT2D eigenvalue weighted by molar-refractivity contribution is 7.91. The van der Waals surface area contributed by atoms with Crippen molar-refractivity contribution in [1.29, 1.82) is 0 Å². The van der Waals surface area contributed by atoms with Crippen LogP contribution in [0.1, 0.15) is 48.8 Å². The van der Waals surface area contributed by atoms with E-state index in [2.05, 4.69) is 20.9 Å². The van der Waals surface area contributed by atoms with E-state index in [1.807, 2.05) is 20.8 Å². The molecule has 1 aliphatic rings. The van der Waals surface area contributed by atoms with Gasteiger partial charge in [-0.2, -0.15) is 13.2 Å². The van der Waals surface area contributed by atoms with Crippen molar-refractivity contribution in [2.75, 3.05) is 36.5 Å². The normalized spacial score (nSPS) is 19.0. The Morgan fingerprint density at radius 3 is 2.56 bits per heavy atom. The highest BCUT2D eigenvalue weighted by Crippen LogP contribution is 2.34. The Labute approximate surface area is 197 Å². The predicted octanol–water partition coefficient (Wildman–Crippen LogP) is 3.32. The zero-order valence-corrected chi connectivity index (χ0v) is 20.6. The molecular weight excluding hydrogens is 469 g/mol. The summed E-state index contributed by atoms with van der Waals surface area (Å²) < 4.78 is 62.2. The third-order valence-electron chi connectivity index (χ3n) is 5.68. The number of pyridine rings is 1. The summed E-state index contributed by atoms with van der Waals surface area (Å²) in [5.74, 6) is -0.350. The van der Waals surface area contributed by atoms with Crippen molar-refractivity contribution in [3.63, 3.8) is 0 Å². The lowest BCUT2D eigenvalue weighted by atomic mass is 9.84. The topological polar surface area (TPSA) is 100 Å². The molecule has 188 valence electrons. The zero-order valence-electron chi connectivity index (χ0n) is 19.8. The summed E-state index contributed by atoms with van der Waals surface area (Å²) in [7, 11) is -3.16. The number of hydrogen-bond acceptors (Lipinski definition) is 6. The number of nitrogens with one attached hydrogen (secondary N) is 3. The van der Waals surface area contributed by atoms with Gasteiger partial charge in [-0.25, -0.2) is 13.4 Å². The molecule has 11 heteroatoms. The minimum atomic E-state index is -4.35. The standard InChI is InChI=1S/C23H31F3N4O3S/c1-14-8-19(21(31)28-11-16-12-34(32,33)7-5-6-27-16)30-20-17(14)9-15(29-13-23(24,25)26)10-18(20)22(2,3)4/h8-10,16,27,29H,5-7,11-13H2,1-4H3,(H,28,31). The number of halogens is 3. The maximum Gasteiger partial charge on any atom is 0.405 e. The smallest absolute Gasteiger partial charge is 0.376 e. The fraction of sp³-hybridized carbons (Fsp3) is 0.565. The molecule has 1 amide bonds. The monoisotopic (exact) mass is 500 g/mol. The van der Waals surface area contributed by atoms with Crippen LogP contribution in [0.3, 0.4) is 0 Å². The van der Waals surface area contributed by atoms with E-state index in [9.17, 15) is 26.4 Å². The fourth-order valence-corrected chi connectivity index (χ4v) is 5.57. The van der Waals surface area contributed by atoms with Gasteiger partial charge in [-0.1, -0.05) is 20.8 Å². The molecule has 0 bridgehead atoms. The second-order valence-corrected chi connectivity index (χ2v) is 12.0. The van der Waals surface area contributed by atoms with Crippen molar-refractivity contribution in [2.45, 2.75) is 51.7 Å². The molecule has 3 N–H and O–H groups in total. The van der Waals surface area contributed by atoms with Crippen molar-refractivity contribution >= 4 is 32.3 Å². The van der Waals surface area contributed by atoms with Crippen LogP contribution in [0.4, 0.5) is 18.9 Å². The summed E-state index contributed by atoms with van der Waals surface area (Å²) in [4.78, 5) is 17.4. The van der Waals surface area contributed by atoms with Crippen molar-refractivity contribution in [3.05, 3.63) is 35.0 Å². The first-order valence-corrected chi connectivity index (χ1v) is 13.0. The van der Waals surface area contributed by atoms with E-state index < -0.39 is 33.9 Å². The third-order valence-corrected chi connectivity index (χ3v) is 7.50. The van der Waals surface area contributed by atoms with E-state index in [1.165, 1.54) is 0 Å². The molecule has 1 aromatic heterocycles. The summed E-state index contributed by atoms with van der Waals surface area (Å²) in [6, 6.07) is 4.46. The molecule has 0 radical (unpaired) electrons. The molecule has 1 aromatic carbocycles. The Morgan fingerprint density at radius 2 is 1.91 bits per heavy atom. The molecule has 1 unspecified atom stereocenters. The number of sulfone groups is 1. The number of nitrogens with zero attached hydrogens (tertiary/aromatic N) is 1. The fourth-order valence-electron chi connectivity index (χ4n) is 3.97. The van der Waals surface area contributed by atoms with Crippen LogP contribution in [0.5, 0.6) is 0 Å². The molecule has 3 rings (SSSR count). The first-order chi connectivity index (χ1) is 15.6. The molecule has 0 saturated carbocycles. The molecule has 0 spiro atoms. The second kappa shape index (κ2) is 9.69. The van der Waals surface area contributed by atoms with Crippen molar-refractivity contribution in [3.8, 4) is 0 Å². The summed E-state index contributed by atoms with van der Waals surface area (Å²) in [6.45, 7) is 7.11. The molecule has 2 aromatic rings. The highest BCUT2D eigenvalue weighted by Gasteiger charge is 2.28. The SMILES string of the molecule is Cc1cc(C(=O)NCC2CS(=O)(=O)CCCN2)nc2c(C(C)(C)C)cc(NCC(F)(F)F)cc12. The number of fused-ring (bicyclic) bond motifs is 1. The van der Waals surface area contributed by atoms with Crippen molar-refractivity contribution in [2.24, 2.45) is 0 Å². The molecule has 0 aliphatic carbocycles. The van der Waals surface area contributed by atoms with Gasteiger partial charge in [0.15, 0.2) is 9.84 Å². The summed E-state index contributed by atoms with van der Waals surface area (Å²) in [5.41, 5.74) is 2.02. The summed E-state index contributed by atoms with van der Waals surface area (Å²) in [6.07, 6.45) is -3.81. The van der Waals surface area contributed by atoms with Crippen LogP contribution in [0.25, 0.3) is 10.9 Å². The number of carbonyl (C=O) groups is 1. The van der Waals surface area contributed by atoms with Gasteiger partial charge in [0.05, 0.1) is 17.0 Å². The van der Waals surface area contributed by atoms with Crippen LogP contribution in [0, 0.1) is 6.92 Å². The van der Waals surface area contributed by atoms with E-state index in [1.54, 1.807) is 25.1 Å². The molecular formula is C23H31F3N4O3S. The average Bonchev–Trinajstić information content (AvgIpc) is 2.88. The third kappa shape index (κ3) is 6.82. The number of aryl methyl sites for hydroxylation is 1. The first kappa shape index (κ1) is 26.2. The Kier molecular flexibility index (Phi) is 7.47. The Bertz CT molecular complexity index is 1170. The Morgan fingerprint density at radius 1 is 1.21 bits per heavy atom. The van der Waals surface area contributed by atoms with Gasteiger partial charge in [0.2, 0.25) is 0 Å². The van der Waals surface area contributed by atoms with E-state index >= 15 is 0 Å². The molecule has 7 nitrogen and oxygen atoms in total. The van der Waals surface area contributed by atoms with Crippen LogP contribution >= 0.6 is 0 Å². The number of carbonyl (C=O) groups excluding carboxylic acids is 1. The molecule has 1 fully saturated rings. The number of rotatable bonds is 5. The van der Waals surface area contributed by atoms with E-state index in [4.69, 9.17) is 0 Å². The average molecular weight is 501 g/mol. The van der Waals surface area contributed by atoms with Crippen LogP contribution < -0.4 is 16.0 Å². The maximum absolute atomic E-state index is 12.9. The van der Waals surface area contributed by atoms with E-state index in [0.717, 1.165) is 0 Å². The van der Waals surface area contributed by atoms with Crippen molar-refractivity contribution in [1.82, 2.24) is 15.6 Å². The molecule has 1 atom stereocenters. The lowest BCUT2D eigenvalue weighted by molar-refractivity contribution is -0.115. The lowest BCUT2D eigenvalue weighted by Gasteiger charge is -2.23. The van der Waals surface area contributed by atoms with Gasteiger partial charge in [-0.3, -0.25) is 4.79 Å². The number of anilines is 1. The van der Waals surface area contributed by atoms with Crippen molar-refractivity contribution < 1.29 is 26.4 Å². The number of benzene rings is 1. The highest BCUT2D eigenvalue weighted by atomic mass is 32.2. The van der Waals surface area contributed by atoms with Gasteiger partial charge < -0.3 is 16.0 Å². The van der Waals surface area contributed by atoms with Gasteiger partial charge in [0, 0.05) is 23.7 Å². The number of hydrogen-bond donors (Lipinski definition) is 3. The van der Waals surface area contributed by atoms with E-state index in [0.29, 0.717) is 40.7 Å². The number of aromatic nitrogens is 1. The zero-order chi connectivity index (χ0) is 25.3. The minimum absolute atomic E-state index is 0.0423. The Balaban J connectivity index is 1.90. The van der Waals surface area contributed by atoms with Crippen LogP contribution in [-0.2, 0) is 15.3 Å². The van der Waals surface area contributed by atoms with Gasteiger partial charge in [0.25, 0.3) is 5.91 Å². The molecule has 34 heavy (non-hydrogen) atoms. The summed E-state index contributed by atoms with van der Waals surface area (Å²) >= 11 is 0. The van der Waals surface area contributed by atoms with Crippen LogP contribution in [-0.4, -0.2) is 62.7 Å². The van der Waals surface area contributed by atoms with Gasteiger partial charge in [-0.15, -0.1) is 0 Å². The quantitative estimate of drug-likeness (QED) is 0.583. The maximum atomic E-state index is 12.9. The van der Waals surface area contributed by atoms with Gasteiger partial charge in [-0.05, 0) is 54.6 Å². The summed E-state index contributed by atoms with van der Waals surface area (Å²) in [5, 5.41) is 9.00. The van der Waals surface area contributed by atoms with Crippen LogP contribution in [0.2, 0.25) is 0 Å². The Hall–Kier alpha value is -2.40.